The summed E-state index contributed by atoms with van der Waals surface area (Å²) in [4.78, 5) is 23.1. The highest BCUT2D eigenvalue weighted by Gasteiger charge is 2.06. The molecule has 0 fully saturated rings. The number of nitrogens with two attached hydrogens (primary N) is 1. The van der Waals surface area contributed by atoms with E-state index in [0.29, 0.717) is 31.6 Å². The molecule has 0 aliphatic heterocycles. The molecule has 0 bridgehead atoms. The second-order valence-corrected chi connectivity index (χ2v) is 4.27. The van der Waals surface area contributed by atoms with Gasteiger partial charge in [0.1, 0.15) is 0 Å². The van der Waals surface area contributed by atoms with Gasteiger partial charge < -0.3 is 16.4 Å². The van der Waals surface area contributed by atoms with Crippen molar-refractivity contribution in [2.75, 3.05) is 13.1 Å². The van der Waals surface area contributed by atoms with Crippen LogP contribution in [0.2, 0.25) is 0 Å². The Balaban J connectivity index is 0.00000361. The third kappa shape index (κ3) is 6.54. The Kier molecular flexibility index (Phi) is 9.41. The summed E-state index contributed by atoms with van der Waals surface area (Å²) in [5.74, 6) is -0.166. The molecule has 0 saturated carbocycles. The number of nitrogens with one attached hydrogen (secondary N) is 2. The van der Waals surface area contributed by atoms with E-state index < -0.39 is 0 Å². The zero-order valence-corrected chi connectivity index (χ0v) is 12.5. The van der Waals surface area contributed by atoms with Gasteiger partial charge in [0.15, 0.2) is 0 Å². The Morgan fingerprint density at radius 1 is 1.25 bits per heavy atom. The van der Waals surface area contributed by atoms with Crippen molar-refractivity contribution in [2.45, 2.75) is 26.3 Å². The first-order valence-corrected chi connectivity index (χ1v) is 6.51. The van der Waals surface area contributed by atoms with Crippen molar-refractivity contribution >= 4 is 24.2 Å². The normalized spacial score (nSPS) is 9.50. The third-order valence-electron chi connectivity index (χ3n) is 2.59. The van der Waals surface area contributed by atoms with E-state index in [9.17, 15) is 9.59 Å². The van der Waals surface area contributed by atoms with Crippen molar-refractivity contribution in [3.05, 3.63) is 35.4 Å². The minimum Gasteiger partial charge on any atom is -0.352 e. The quantitative estimate of drug-likeness (QED) is 0.707. The van der Waals surface area contributed by atoms with Crippen molar-refractivity contribution in [1.82, 2.24) is 10.6 Å². The fourth-order valence-electron chi connectivity index (χ4n) is 1.58. The van der Waals surface area contributed by atoms with E-state index in [4.69, 9.17) is 5.73 Å². The first-order valence-electron chi connectivity index (χ1n) is 6.51. The first kappa shape index (κ1) is 18.4. The Morgan fingerprint density at radius 3 is 2.65 bits per heavy atom. The van der Waals surface area contributed by atoms with Crippen LogP contribution in [0.25, 0.3) is 0 Å². The molecule has 1 aromatic rings. The van der Waals surface area contributed by atoms with Gasteiger partial charge in [-0.15, -0.1) is 12.4 Å². The molecule has 0 aliphatic carbocycles. The van der Waals surface area contributed by atoms with Crippen molar-refractivity contribution in [3.63, 3.8) is 0 Å². The second kappa shape index (κ2) is 10.2. The second-order valence-electron chi connectivity index (χ2n) is 4.27. The van der Waals surface area contributed by atoms with Gasteiger partial charge >= 0.3 is 0 Å². The molecular weight excluding hydrogens is 278 g/mol. The highest BCUT2D eigenvalue weighted by molar-refractivity contribution is 5.94. The van der Waals surface area contributed by atoms with Crippen LogP contribution >= 0.6 is 12.4 Å². The molecule has 0 heterocycles. The standard InChI is InChI=1S/C14H21N3O2.ClH/c1-2-8-16-14(19)12-5-3-4-11(9-12)10-17-13(18)6-7-15;/h3-5,9H,2,6-8,10,15H2,1H3,(H,16,19)(H,17,18);1H. The van der Waals surface area contributed by atoms with Gasteiger partial charge in [0.05, 0.1) is 0 Å². The van der Waals surface area contributed by atoms with E-state index >= 15 is 0 Å². The largest absolute Gasteiger partial charge is 0.352 e. The number of carbonyl (C=O) groups is 2. The van der Waals surface area contributed by atoms with E-state index in [0.717, 1.165) is 12.0 Å². The average Bonchev–Trinajstić information content (AvgIpc) is 2.43. The Hall–Kier alpha value is -1.59. The van der Waals surface area contributed by atoms with E-state index in [1.165, 1.54) is 0 Å². The minimum absolute atomic E-state index is 0. The number of carbonyl (C=O) groups excluding carboxylic acids is 2. The van der Waals surface area contributed by atoms with Crippen LogP contribution in [0.5, 0.6) is 0 Å². The van der Waals surface area contributed by atoms with Gasteiger partial charge in [-0.2, -0.15) is 0 Å². The molecule has 0 aliphatic rings. The number of halogens is 1. The van der Waals surface area contributed by atoms with Crippen LogP contribution < -0.4 is 16.4 Å². The van der Waals surface area contributed by atoms with Gasteiger partial charge in [0.2, 0.25) is 5.91 Å². The molecule has 1 rings (SSSR count). The summed E-state index contributed by atoms with van der Waals surface area (Å²) in [5.41, 5.74) is 6.80. The third-order valence-corrected chi connectivity index (χ3v) is 2.59. The summed E-state index contributed by atoms with van der Waals surface area (Å²) in [6.07, 6.45) is 1.22. The molecule has 0 saturated heterocycles. The van der Waals surface area contributed by atoms with Gasteiger partial charge in [-0.1, -0.05) is 19.1 Å². The smallest absolute Gasteiger partial charge is 0.251 e. The van der Waals surface area contributed by atoms with Gasteiger partial charge in [-0.05, 0) is 24.1 Å². The number of amides is 2. The molecule has 5 nitrogen and oxygen atoms in total. The molecule has 0 atom stereocenters. The van der Waals surface area contributed by atoms with Crippen LogP contribution in [-0.4, -0.2) is 24.9 Å². The number of hydrogen-bond donors (Lipinski definition) is 3. The maximum Gasteiger partial charge on any atom is 0.251 e. The molecule has 1 aromatic carbocycles. The minimum atomic E-state index is -0.0861. The topological polar surface area (TPSA) is 84.2 Å². The Labute approximate surface area is 125 Å². The molecule has 0 spiro atoms. The van der Waals surface area contributed by atoms with Crippen molar-refractivity contribution in [1.29, 1.82) is 0 Å². The number of benzene rings is 1. The van der Waals surface area contributed by atoms with Crippen molar-refractivity contribution < 1.29 is 9.59 Å². The molecule has 112 valence electrons. The lowest BCUT2D eigenvalue weighted by Crippen LogP contribution is -2.26. The maximum atomic E-state index is 11.8. The summed E-state index contributed by atoms with van der Waals surface area (Å²) in [6.45, 7) is 3.42. The van der Waals surface area contributed by atoms with E-state index in [2.05, 4.69) is 10.6 Å². The van der Waals surface area contributed by atoms with E-state index in [-0.39, 0.29) is 24.2 Å². The molecule has 2 amide bonds. The van der Waals surface area contributed by atoms with Gasteiger partial charge in [-0.3, -0.25) is 9.59 Å². The zero-order valence-electron chi connectivity index (χ0n) is 11.6. The fourth-order valence-corrected chi connectivity index (χ4v) is 1.58. The van der Waals surface area contributed by atoms with Crippen LogP contribution in [0.3, 0.4) is 0 Å². The fraction of sp³-hybridized carbons (Fsp3) is 0.429. The van der Waals surface area contributed by atoms with Crippen LogP contribution in [-0.2, 0) is 11.3 Å². The lowest BCUT2D eigenvalue weighted by molar-refractivity contribution is -0.121. The average molecular weight is 300 g/mol. The van der Waals surface area contributed by atoms with Crippen molar-refractivity contribution in [3.8, 4) is 0 Å². The molecule has 0 aromatic heterocycles. The number of hydrogen-bond acceptors (Lipinski definition) is 3. The summed E-state index contributed by atoms with van der Waals surface area (Å²) >= 11 is 0. The lowest BCUT2D eigenvalue weighted by atomic mass is 10.1. The van der Waals surface area contributed by atoms with Crippen LogP contribution in [0.4, 0.5) is 0 Å². The SMILES string of the molecule is CCCNC(=O)c1cccc(CNC(=O)CCN)c1.Cl. The highest BCUT2D eigenvalue weighted by Crippen LogP contribution is 2.05. The van der Waals surface area contributed by atoms with Gasteiger partial charge in [0.25, 0.3) is 5.91 Å². The molecule has 6 heteroatoms. The van der Waals surface area contributed by atoms with Crippen molar-refractivity contribution in [2.24, 2.45) is 5.73 Å². The number of rotatable bonds is 7. The van der Waals surface area contributed by atoms with Gasteiger partial charge in [-0.25, -0.2) is 0 Å². The molecule has 20 heavy (non-hydrogen) atoms. The monoisotopic (exact) mass is 299 g/mol. The van der Waals surface area contributed by atoms with E-state index in [1.807, 2.05) is 19.1 Å². The lowest BCUT2D eigenvalue weighted by Gasteiger charge is -2.07. The molecule has 0 unspecified atom stereocenters. The summed E-state index contributed by atoms with van der Waals surface area (Å²) < 4.78 is 0. The van der Waals surface area contributed by atoms with E-state index in [1.54, 1.807) is 12.1 Å². The molecular formula is C14H22ClN3O2. The summed E-state index contributed by atoms with van der Waals surface area (Å²) in [5, 5.41) is 5.58. The van der Waals surface area contributed by atoms with Crippen LogP contribution in [0.1, 0.15) is 35.7 Å². The van der Waals surface area contributed by atoms with Crippen LogP contribution in [0, 0.1) is 0 Å². The highest BCUT2D eigenvalue weighted by atomic mass is 35.5. The first-order chi connectivity index (χ1) is 9.17. The predicted molar refractivity (Wildman–Crippen MR) is 81.8 cm³/mol. The molecule has 0 radical (unpaired) electrons. The Morgan fingerprint density at radius 2 is 2.00 bits per heavy atom. The predicted octanol–water partition coefficient (Wildman–Crippen LogP) is 1.21. The van der Waals surface area contributed by atoms with Gasteiger partial charge in [0, 0.05) is 31.6 Å². The Bertz CT molecular complexity index is 438. The summed E-state index contributed by atoms with van der Waals surface area (Å²) in [7, 11) is 0. The van der Waals surface area contributed by atoms with Crippen LogP contribution in [0.15, 0.2) is 24.3 Å². The zero-order chi connectivity index (χ0) is 14.1. The molecule has 4 N–H and O–H groups in total. The maximum absolute atomic E-state index is 11.8. The summed E-state index contributed by atoms with van der Waals surface area (Å²) in [6, 6.07) is 7.23.